The number of carboxylic acids is 2. The molecule has 2 heterocycles. The largest absolute Gasteiger partial charge is 0.481 e. The van der Waals surface area contributed by atoms with Crippen LogP contribution in [-0.4, -0.2) is 50.1 Å². The van der Waals surface area contributed by atoms with Crippen LogP contribution in [0.4, 0.5) is 0 Å². The molecule has 2 aliphatic rings. The SMILES string of the molecule is O=C(O)CC(C(=O)O)N1C(=O)C(=Cc2ccc3c(c2)OCO3)SC1=S. The Labute approximate surface area is 151 Å². The Balaban J connectivity index is 1.87. The second-order valence-corrected chi connectivity index (χ2v) is 6.79. The number of carbonyl (C=O) groups is 3. The number of amides is 1. The Kier molecular flexibility index (Phi) is 4.64. The van der Waals surface area contributed by atoms with Crippen molar-refractivity contribution in [3.8, 4) is 11.5 Å². The molecule has 1 saturated heterocycles. The third-order valence-electron chi connectivity index (χ3n) is 3.48. The third-order valence-corrected chi connectivity index (χ3v) is 4.81. The van der Waals surface area contributed by atoms with Crippen LogP contribution in [0.25, 0.3) is 6.08 Å². The number of thiocarbonyl (C=S) groups is 1. The molecule has 8 nitrogen and oxygen atoms in total. The number of aliphatic carboxylic acids is 2. The number of nitrogens with zero attached hydrogens (tertiary/aromatic N) is 1. The first-order valence-corrected chi connectivity index (χ1v) is 8.20. The summed E-state index contributed by atoms with van der Waals surface area (Å²) in [5, 5.41) is 18.1. The fourth-order valence-electron chi connectivity index (χ4n) is 2.36. The summed E-state index contributed by atoms with van der Waals surface area (Å²) in [6, 6.07) is 3.54. The number of hydrogen-bond acceptors (Lipinski definition) is 7. The van der Waals surface area contributed by atoms with E-state index in [0.717, 1.165) is 16.7 Å². The van der Waals surface area contributed by atoms with Gasteiger partial charge in [0.1, 0.15) is 10.4 Å². The van der Waals surface area contributed by atoms with Gasteiger partial charge in [-0.2, -0.15) is 0 Å². The zero-order valence-corrected chi connectivity index (χ0v) is 14.1. The highest BCUT2D eigenvalue weighted by Gasteiger charge is 2.41. The smallest absolute Gasteiger partial charge is 0.327 e. The number of hydrogen-bond donors (Lipinski definition) is 2. The maximum absolute atomic E-state index is 12.5. The predicted octanol–water partition coefficient (Wildman–Crippen LogP) is 1.54. The number of carboxylic acid groups (broad SMARTS) is 2. The van der Waals surface area contributed by atoms with Gasteiger partial charge in [0.25, 0.3) is 5.91 Å². The van der Waals surface area contributed by atoms with E-state index < -0.39 is 30.3 Å². The van der Waals surface area contributed by atoms with Gasteiger partial charge in [0, 0.05) is 0 Å². The van der Waals surface area contributed by atoms with E-state index in [1.165, 1.54) is 0 Å². The van der Waals surface area contributed by atoms with E-state index in [4.69, 9.17) is 26.8 Å². The molecule has 1 unspecified atom stereocenters. The Bertz CT molecular complexity index is 820. The molecule has 1 aromatic carbocycles. The van der Waals surface area contributed by atoms with Crippen LogP contribution in [0.5, 0.6) is 11.5 Å². The quantitative estimate of drug-likeness (QED) is 0.579. The van der Waals surface area contributed by atoms with Crippen molar-refractivity contribution in [2.45, 2.75) is 12.5 Å². The molecule has 0 spiro atoms. The van der Waals surface area contributed by atoms with Gasteiger partial charge in [-0.1, -0.05) is 30.0 Å². The lowest BCUT2D eigenvalue weighted by atomic mass is 10.1. The van der Waals surface area contributed by atoms with Gasteiger partial charge in [-0.05, 0) is 23.8 Å². The molecule has 3 rings (SSSR count). The van der Waals surface area contributed by atoms with Crippen molar-refractivity contribution in [3.05, 3.63) is 28.7 Å². The number of benzene rings is 1. The van der Waals surface area contributed by atoms with E-state index in [1.54, 1.807) is 24.3 Å². The standard InChI is InChI=1S/C15H11NO7S2/c17-12(18)5-8(14(20)21)16-13(19)11(25-15(16)24)4-7-1-2-9-10(3-7)23-6-22-9/h1-4,8H,5-6H2,(H,17,18)(H,20,21). The summed E-state index contributed by atoms with van der Waals surface area (Å²) in [4.78, 5) is 35.8. The van der Waals surface area contributed by atoms with Gasteiger partial charge in [-0.25, -0.2) is 4.79 Å². The average molecular weight is 381 g/mol. The minimum Gasteiger partial charge on any atom is -0.481 e. The second kappa shape index (κ2) is 6.73. The van der Waals surface area contributed by atoms with Crippen LogP contribution in [0.3, 0.4) is 0 Å². The van der Waals surface area contributed by atoms with Gasteiger partial charge in [-0.15, -0.1) is 0 Å². The van der Waals surface area contributed by atoms with Gasteiger partial charge in [0.2, 0.25) is 6.79 Å². The summed E-state index contributed by atoms with van der Waals surface area (Å²) in [5.41, 5.74) is 0.648. The van der Waals surface area contributed by atoms with E-state index in [1.807, 2.05) is 0 Å². The maximum atomic E-state index is 12.5. The molecule has 130 valence electrons. The predicted molar refractivity (Wildman–Crippen MR) is 91.3 cm³/mol. The van der Waals surface area contributed by atoms with Crippen molar-refractivity contribution in [3.63, 3.8) is 0 Å². The number of ether oxygens (including phenoxy) is 2. The number of thioether (sulfide) groups is 1. The summed E-state index contributed by atoms with van der Waals surface area (Å²) in [6.45, 7) is 0.121. The van der Waals surface area contributed by atoms with E-state index in [9.17, 15) is 19.5 Å². The lowest BCUT2D eigenvalue weighted by molar-refractivity contribution is -0.150. The Morgan fingerprint density at radius 1 is 1.32 bits per heavy atom. The van der Waals surface area contributed by atoms with E-state index in [-0.39, 0.29) is 16.0 Å². The molecule has 2 aliphatic heterocycles. The van der Waals surface area contributed by atoms with Crippen LogP contribution in [0.1, 0.15) is 12.0 Å². The second-order valence-electron chi connectivity index (χ2n) is 5.12. The van der Waals surface area contributed by atoms with Gasteiger partial charge >= 0.3 is 11.9 Å². The highest BCUT2D eigenvalue weighted by Crippen LogP contribution is 2.37. The zero-order chi connectivity index (χ0) is 18.1. The first-order chi connectivity index (χ1) is 11.9. The van der Waals surface area contributed by atoms with Gasteiger partial charge in [0.05, 0.1) is 11.3 Å². The minimum absolute atomic E-state index is 0.00523. The number of fused-ring (bicyclic) bond motifs is 1. The normalized spacial score (nSPS) is 18.7. The van der Waals surface area contributed by atoms with E-state index >= 15 is 0 Å². The van der Waals surface area contributed by atoms with Gasteiger partial charge in [0.15, 0.2) is 11.5 Å². The van der Waals surface area contributed by atoms with Gasteiger partial charge in [-0.3, -0.25) is 14.5 Å². The first-order valence-electron chi connectivity index (χ1n) is 6.98. The average Bonchev–Trinajstić information content (AvgIpc) is 3.10. The zero-order valence-electron chi connectivity index (χ0n) is 12.5. The molecule has 1 fully saturated rings. The maximum Gasteiger partial charge on any atom is 0.327 e. The molecule has 1 amide bonds. The molecular formula is C15H11NO7S2. The van der Waals surface area contributed by atoms with Crippen molar-refractivity contribution < 1.29 is 34.1 Å². The lowest BCUT2D eigenvalue weighted by Crippen LogP contribution is -2.45. The first kappa shape index (κ1) is 17.2. The van der Waals surface area contributed by atoms with E-state index in [0.29, 0.717) is 17.1 Å². The molecule has 0 saturated carbocycles. The van der Waals surface area contributed by atoms with Crippen molar-refractivity contribution in [2.24, 2.45) is 0 Å². The minimum atomic E-state index is -1.55. The van der Waals surface area contributed by atoms with Crippen molar-refractivity contribution >= 4 is 52.2 Å². The Morgan fingerprint density at radius 2 is 2.04 bits per heavy atom. The fraction of sp³-hybridized carbons (Fsp3) is 0.200. The fourth-order valence-corrected chi connectivity index (χ4v) is 3.71. The molecule has 10 heteroatoms. The van der Waals surface area contributed by atoms with Crippen LogP contribution in [0.2, 0.25) is 0 Å². The van der Waals surface area contributed by atoms with Crippen molar-refractivity contribution in [2.75, 3.05) is 6.79 Å². The van der Waals surface area contributed by atoms with E-state index in [2.05, 4.69) is 0 Å². The monoisotopic (exact) mass is 381 g/mol. The summed E-state index contributed by atoms with van der Waals surface area (Å²) < 4.78 is 10.5. The lowest BCUT2D eigenvalue weighted by Gasteiger charge is -2.21. The van der Waals surface area contributed by atoms with Crippen LogP contribution < -0.4 is 9.47 Å². The highest BCUT2D eigenvalue weighted by molar-refractivity contribution is 8.26. The molecule has 2 N–H and O–H groups in total. The summed E-state index contributed by atoms with van der Waals surface area (Å²) in [6.07, 6.45) is 0.806. The molecule has 0 bridgehead atoms. The topological polar surface area (TPSA) is 113 Å². The van der Waals surface area contributed by atoms with Crippen molar-refractivity contribution in [1.82, 2.24) is 4.90 Å². The highest BCUT2D eigenvalue weighted by atomic mass is 32.2. The molecule has 0 aromatic heterocycles. The third kappa shape index (κ3) is 3.44. The molecule has 1 atom stereocenters. The van der Waals surface area contributed by atoms with Crippen LogP contribution in [0.15, 0.2) is 23.1 Å². The summed E-state index contributed by atoms with van der Waals surface area (Å²) >= 11 is 5.99. The van der Waals surface area contributed by atoms with Crippen molar-refractivity contribution in [1.29, 1.82) is 0 Å². The van der Waals surface area contributed by atoms with Crippen LogP contribution >= 0.6 is 24.0 Å². The Hall–Kier alpha value is -2.59. The molecular weight excluding hydrogens is 370 g/mol. The Morgan fingerprint density at radius 3 is 2.72 bits per heavy atom. The summed E-state index contributed by atoms with van der Waals surface area (Å²) in [5.74, 6) is -2.26. The molecule has 1 aromatic rings. The molecule has 25 heavy (non-hydrogen) atoms. The number of carbonyl (C=O) groups excluding carboxylic acids is 1. The van der Waals surface area contributed by atoms with Gasteiger partial charge < -0.3 is 19.7 Å². The van der Waals surface area contributed by atoms with Crippen LogP contribution in [0, 0.1) is 0 Å². The van der Waals surface area contributed by atoms with Crippen LogP contribution in [-0.2, 0) is 14.4 Å². The molecule has 0 radical (unpaired) electrons. The molecule has 0 aliphatic carbocycles. The summed E-state index contributed by atoms with van der Waals surface area (Å²) in [7, 11) is 0. The number of rotatable bonds is 5.